The molecule has 0 spiro atoms. The first-order chi connectivity index (χ1) is 47.9. The molecule has 2 aliphatic rings. The molecule has 2 N–H and O–H groups in total. The maximum Gasteiger partial charge on any atom is 0.0544 e. The predicted octanol–water partition coefficient (Wildman–Crippen LogP) is 25.6. The van der Waals surface area contributed by atoms with Crippen molar-refractivity contribution in [1.82, 2.24) is 9.97 Å². The van der Waals surface area contributed by atoms with Crippen LogP contribution in [0.15, 0.2) is 297 Å². The normalized spacial score (nSPS) is 12.2. The van der Waals surface area contributed by atoms with Crippen LogP contribution in [0.2, 0.25) is 0 Å². The van der Waals surface area contributed by atoms with E-state index < -0.39 is 0 Å². The topological polar surface area (TPSA) is 34.8 Å². The van der Waals surface area contributed by atoms with E-state index in [-0.39, 0.29) is 0 Å². The number of fused-ring (bicyclic) bond motifs is 13. The molecule has 2 aliphatic carbocycles. The Kier molecular flexibility index (Phi) is 13.0. The first-order valence-corrected chi connectivity index (χ1v) is 34.1. The van der Waals surface area contributed by atoms with Gasteiger partial charge in [0, 0.05) is 61.2 Å². The largest absolute Gasteiger partial charge is 0.354 e. The van der Waals surface area contributed by atoms with Crippen molar-refractivity contribution in [1.29, 1.82) is 0 Å². The minimum atomic E-state index is 0.680. The summed E-state index contributed by atoms with van der Waals surface area (Å²) in [4.78, 5) is 10.7. The quantitative estimate of drug-likeness (QED) is 0.141. The molecule has 0 bridgehead atoms. The van der Waals surface area contributed by atoms with E-state index in [0.717, 1.165) is 34.3 Å². The Labute approximate surface area is 565 Å². The van der Waals surface area contributed by atoms with Gasteiger partial charge in [0.15, 0.2) is 0 Å². The van der Waals surface area contributed by atoms with Crippen LogP contribution in [0, 0.1) is 27.7 Å². The van der Waals surface area contributed by atoms with Gasteiger partial charge in [-0.2, -0.15) is 0 Å². The van der Waals surface area contributed by atoms with E-state index in [1.54, 1.807) is 0 Å². The van der Waals surface area contributed by atoms with Crippen LogP contribution in [0.5, 0.6) is 0 Å². The predicted molar refractivity (Wildman–Crippen MR) is 411 cm³/mol. The van der Waals surface area contributed by atoms with Crippen LogP contribution in [0.25, 0.3) is 155 Å². The number of para-hydroxylation sites is 5. The van der Waals surface area contributed by atoms with Gasteiger partial charge in [-0.15, -0.1) is 0 Å². The molecule has 2 heterocycles. The Balaban J connectivity index is 1.04. The highest BCUT2D eigenvalue weighted by Crippen LogP contribution is 2.63. The van der Waals surface area contributed by atoms with E-state index >= 15 is 0 Å². The lowest BCUT2D eigenvalue weighted by molar-refractivity contribution is 1.17. The summed E-state index contributed by atoms with van der Waals surface area (Å²) in [6, 6.07) is 111. The van der Waals surface area contributed by atoms with Crippen LogP contribution in [0.4, 0.5) is 17.1 Å². The van der Waals surface area contributed by atoms with E-state index in [1.165, 1.54) is 188 Å². The second kappa shape index (κ2) is 22.3. The van der Waals surface area contributed by atoms with E-state index in [2.05, 4.69) is 340 Å². The molecule has 0 saturated heterocycles. The number of benzene rings is 15. The number of hydrogen-bond donors (Lipinski definition) is 2. The maximum atomic E-state index is 4.07. The zero-order valence-corrected chi connectivity index (χ0v) is 54.7. The summed E-state index contributed by atoms with van der Waals surface area (Å²) in [5.41, 5.74) is 40.7. The van der Waals surface area contributed by atoms with Gasteiger partial charge in [0.1, 0.15) is 0 Å². The minimum absolute atomic E-state index is 0.680. The number of nitrogens with one attached hydrogen (secondary N) is 2. The molecular formula is C94H67N3. The first kappa shape index (κ1) is 56.5. The Bertz CT molecular complexity index is 6100. The van der Waals surface area contributed by atoms with Crippen molar-refractivity contribution in [3.63, 3.8) is 0 Å². The molecule has 0 atom stereocenters. The van der Waals surface area contributed by atoms with E-state index in [0.29, 0.717) is 6.42 Å². The number of aromatic nitrogens is 2. The molecule has 458 valence electrons. The van der Waals surface area contributed by atoms with Gasteiger partial charge >= 0.3 is 0 Å². The third kappa shape index (κ3) is 8.61. The van der Waals surface area contributed by atoms with Crippen molar-refractivity contribution in [3.05, 3.63) is 342 Å². The highest BCUT2D eigenvalue weighted by atomic mass is 15.1. The highest BCUT2D eigenvalue weighted by molar-refractivity contribution is 6.20. The van der Waals surface area contributed by atoms with Crippen LogP contribution in [0.1, 0.15) is 44.5 Å². The van der Waals surface area contributed by atoms with Crippen LogP contribution >= 0.6 is 0 Å². The lowest BCUT2D eigenvalue weighted by Gasteiger charge is -2.33. The molecule has 3 nitrogen and oxygen atoms in total. The maximum absolute atomic E-state index is 4.07. The molecular weight excluding hydrogens is 1170 g/mol. The molecule has 17 aromatic rings. The molecule has 2 aromatic heterocycles. The number of rotatable bonds is 10. The smallest absolute Gasteiger partial charge is 0.0544 e. The van der Waals surface area contributed by atoms with Crippen LogP contribution < -0.4 is 4.90 Å². The molecule has 0 fully saturated rings. The fraction of sp³-hybridized carbons (Fsp3) is 0.0638. The molecule has 0 aliphatic heterocycles. The molecule has 0 radical (unpaired) electrons. The summed E-state index contributed by atoms with van der Waals surface area (Å²) in [5.74, 6) is 0. The van der Waals surface area contributed by atoms with E-state index in [1.807, 2.05) is 0 Å². The van der Waals surface area contributed by atoms with Crippen molar-refractivity contribution in [3.8, 4) is 100 Å². The van der Waals surface area contributed by atoms with Crippen LogP contribution in [-0.4, -0.2) is 9.97 Å². The number of anilines is 3. The average Bonchev–Trinajstić information content (AvgIpc) is 1.59. The molecule has 3 heteroatoms. The Morgan fingerprint density at radius 3 is 1.37 bits per heavy atom. The Hall–Kier alpha value is -12.0. The van der Waals surface area contributed by atoms with Crippen molar-refractivity contribution >= 4 is 71.4 Å². The third-order valence-corrected chi connectivity index (χ3v) is 21.7. The zero-order valence-electron chi connectivity index (χ0n) is 54.7. The third-order valence-electron chi connectivity index (χ3n) is 21.7. The molecule has 15 aromatic carbocycles. The standard InChI is InChI=1S/C94H67N3/c1-56-57(2)86(79-53-63-34-15-17-41-69(63)88(79)84(56)76-48-27-46-74-71-43-22-24-50-81(71)95-92(74)76)91-87-64(54-78(70-42-20-18-38-66(70)60-29-8-5-9-30-60)89(91)73-45-21-19-39-67(73)61-31-10-6-11-32-61)55-80-90(87)85(77-49-28-47-75-72-44-23-25-51-82(72)96-93(75)77)58(3)59(4)94(80)97(65-36-12-7-13-37-65)83-52-26-35-62-33-14-16-40-68(62)83/h5-52,54,95-96H,53,55H2,1-4H3. The number of aromatic amines is 2. The first-order valence-electron chi connectivity index (χ1n) is 34.1. The second-order valence-corrected chi connectivity index (χ2v) is 26.7. The van der Waals surface area contributed by atoms with Gasteiger partial charge in [-0.3, -0.25) is 0 Å². The van der Waals surface area contributed by atoms with Gasteiger partial charge < -0.3 is 14.9 Å². The van der Waals surface area contributed by atoms with Crippen LogP contribution in [-0.2, 0) is 12.8 Å². The van der Waals surface area contributed by atoms with E-state index in [9.17, 15) is 0 Å². The summed E-state index contributed by atoms with van der Waals surface area (Å²) in [6.45, 7) is 9.70. The highest BCUT2D eigenvalue weighted by Gasteiger charge is 2.40. The SMILES string of the molecule is Cc1c(C)c(-c2cccc3c2[nH]c2ccccc23)c2c(c1-c1c3c(cc(-c4ccccc4-c4ccccc4)c1-c1ccccc1-c1ccccc1)Cc1c-3c(-c3cccc4c3[nH]c3ccccc34)c(C)c(C)c1N(c1ccccc1)c1cccc3ccccc13)Cc1ccccc1-2. The summed E-state index contributed by atoms with van der Waals surface area (Å²) in [7, 11) is 0. The lowest BCUT2D eigenvalue weighted by atomic mass is 9.74. The zero-order chi connectivity index (χ0) is 64.6. The van der Waals surface area contributed by atoms with Gasteiger partial charge in [0.25, 0.3) is 0 Å². The van der Waals surface area contributed by atoms with Gasteiger partial charge in [-0.05, 0) is 209 Å². The average molecular weight is 1240 g/mol. The van der Waals surface area contributed by atoms with Crippen LogP contribution in [0.3, 0.4) is 0 Å². The van der Waals surface area contributed by atoms with Gasteiger partial charge in [0.05, 0.1) is 22.4 Å². The molecule has 0 amide bonds. The Morgan fingerprint density at radius 1 is 0.268 bits per heavy atom. The minimum Gasteiger partial charge on any atom is -0.354 e. The number of nitrogens with zero attached hydrogens (tertiary/aromatic N) is 1. The van der Waals surface area contributed by atoms with Crippen molar-refractivity contribution < 1.29 is 0 Å². The number of H-pyrrole nitrogens is 2. The molecule has 0 saturated carbocycles. The summed E-state index contributed by atoms with van der Waals surface area (Å²) < 4.78 is 0. The van der Waals surface area contributed by atoms with Gasteiger partial charge in [-0.25, -0.2) is 0 Å². The van der Waals surface area contributed by atoms with E-state index in [4.69, 9.17) is 0 Å². The fourth-order valence-corrected chi connectivity index (χ4v) is 17.2. The van der Waals surface area contributed by atoms with Gasteiger partial charge in [0.2, 0.25) is 0 Å². The summed E-state index contributed by atoms with van der Waals surface area (Å²) in [5, 5.41) is 7.32. The Morgan fingerprint density at radius 2 is 0.722 bits per heavy atom. The van der Waals surface area contributed by atoms with Crippen molar-refractivity contribution in [2.24, 2.45) is 0 Å². The second-order valence-electron chi connectivity index (χ2n) is 26.7. The summed E-state index contributed by atoms with van der Waals surface area (Å²) in [6.07, 6.45) is 1.45. The van der Waals surface area contributed by atoms with Crippen molar-refractivity contribution in [2.75, 3.05) is 4.90 Å². The molecule has 97 heavy (non-hydrogen) atoms. The monoisotopic (exact) mass is 1240 g/mol. The van der Waals surface area contributed by atoms with Gasteiger partial charge in [-0.1, -0.05) is 261 Å². The molecule has 0 unspecified atom stereocenters. The fourth-order valence-electron chi connectivity index (χ4n) is 17.2. The number of hydrogen-bond acceptors (Lipinski definition) is 1. The lowest BCUT2D eigenvalue weighted by Crippen LogP contribution is -2.15. The molecule has 19 rings (SSSR count). The summed E-state index contributed by atoms with van der Waals surface area (Å²) >= 11 is 0. The van der Waals surface area contributed by atoms with Crippen molar-refractivity contribution in [2.45, 2.75) is 40.5 Å².